The topological polar surface area (TPSA) is 73.7 Å². The Labute approximate surface area is 190 Å². The van der Waals surface area contributed by atoms with Crippen LogP contribution >= 0.6 is 0 Å². The van der Waals surface area contributed by atoms with Crippen molar-refractivity contribution in [2.45, 2.75) is 0 Å². The van der Waals surface area contributed by atoms with Gasteiger partial charge in [-0.3, -0.25) is 0 Å². The highest BCUT2D eigenvalue weighted by molar-refractivity contribution is 5.86. The highest BCUT2D eigenvalue weighted by Crippen LogP contribution is 2.38. The van der Waals surface area contributed by atoms with Gasteiger partial charge in [0.1, 0.15) is 17.2 Å². The molecule has 33 heavy (non-hydrogen) atoms. The van der Waals surface area contributed by atoms with Crippen molar-refractivity contribution in [1.82, 2.24) is 9.97 Å². The van der Waals surface area contributed by atoms with E-state index >= 15 is 0 Å². The molecule has 162 valence electrons. The average Bonchev–Trinajstić information content (AvgIpc) is 2.85. The Morgan fingerprint density at radius 2 is 1.36 bits per heavy atom. The van der Waals surface area contributed by atoms with Gasteiger partial charge in [-0.1, -0.05) is 42.5 Å². The summed E-state index contributed by atoms with van der Waals surface area (Å²) in [7, 11) is 1.50. The van der Waals surface area contributed by atoms with Gasteiger partial charge in [-0.2, -0.15) is 4.98 Å². The van der Waals surface area contributed by atoms with Crippen molar-refractivity contribution in [2.24, 2.45) is 0 Å². The van der Waals surface area contributed by atoms with Crippen molar-refractivity contribution in [3.63, 3.8) is 0 Å². The van der Waals surface area contributed by atoms with E-state index in [2.05, 4.69) is 9.97 Å². The monoisotopic (exact) mass is 436 g/mol. The first-order valence-corrected chi connectivity index (χ1v) is 10.4. The number of benzene rings is 4. The number of hydrogen-bond acceptors (Lipinski definition) is 6. The number of methoxy groups -OCH3 is 1. The molecule has 1 heterocycles. The van der Waals surface area contributed by atoms with Gasteiger partial charge in [-0.05, 0) is 48.5 Å². The van der Waals surface area contributed by atoms with E-state index in [1.165, 1.54) is 7.11 Å². The van der Waals surface area contributed by atoms with Gasteiger partial charge in [0.25, 0.3) is 0 Å². The summed E-state index contributed by atoms with van der Waals surface area (Å²) in [4.78, 5) is 9.25. The number of hydrogen-bond donors (Lipinski definition) is 1. The van der Waals surface area contributed by atoms with E-state index in [0.717, 1.165) is 11.1 Å². The van der Waals surface area contributed by atoms with Crippen LogP contribution in [0.4, 0.5) is 0 Å². The number of fused-ring (bicyclic) bond motifs is 1. The molecule has 0 aliphatic rings. The van der Waals surface area contributed by atoms with E-state index in [4.69, 9.17) is 14.2 Å². The molecule has 5 aromatic rings. The van der Waals surface area contributed by atoms with Crippen molar-refractivity contribution in [1.29, 1.82) is 0 Å². The Hall–Kier alpha value is -4.58. The normalized spacial score (nSPS) is 10.7. The second-order valence-electron chi connectivity index (χ2n) is 7.22. The van der Waals surface area contributed by atoms with E-state index in [9.17, 15) is 5.11 Å². The molecular weight excluding hydrogens is 416 g/mol. The Morgan fingerprint density at radius 3 is 2.18 bits per heavy atom. The van der Waals surface area contributed by atoms with Gasteiger partial charge < -0.3 is 19.3 Å². The maximum Gasteiger partial charge on any atom is 0.230 e. The molecule has 0 spiro atoms. The van der Waals surface area contributed by atoms with Crippen molar-refractivity contribution in [3.05, 3.63) is 97.1 Å². The number of para-hydroxylation sites is 3. The van der Waals surface area contributed by atoms with E-state index in [-0.39, 0.29) is 5.75 Å². The third-order valence-electron chi connectivity index (χ3n) is 5.03. The second-order valence-corrected chi connectivity index (χ2v) is 7.22. The van der Waals surface area contributed by atoms with Crippen LogP contribution in [-0.4, -0.2) is 22.2 Å². The third-order valence-corrected chi connectivity index (χ3v) is 5.03. The third kappa shape index (κ3) is 4.27. The highest BCUT2D eigenvalue weighted by Gasteiger charge is 2.16. The van der Waals surface area contributed by atoms with E-state index in [1.807, 2.05) is 72.8 Å². The van der Waals surface area contributed by atoms with Gasteiger partial charge in [0.2, 0.25) is 5.88 Å². The quantitative estimate of drug-likeness (QED) is 0.323. The standard InChI is InChI=1S/C27H20N2O4/c1-31-24-16-8-14-22(25(24)30)26-28-23-15-6-5-13-21(23)27(29-26)33-20-12-7-11-19(17-20)32-18-9-3-2-4-10-18/h2-17,30H,1H3. The van der Waals surface area contributed by atoms with Crippen molar-refractivity contribution >= 4 is 10.9 Å². The summed E-state index contributed by atoms with van der Waals surface area (Å²) >= 11 is 0. The van der Waals surface area contributed by atoms with Crippen LogP contribution < -0.4 is 14.2 Å². The number of nitrogens with zero attached hydrogens (tertiary/aromatic N) is 2. The van der Waals surface area contributed by atoms with Crippen molar-refractivity contribution < 1.29 is 19.3 Å². The molecule has 0 atom stereocenters. The van der Waals surface area contributed by atoms with Crippen LogP contribution in [0, 0.1) is 0 Å². The minimum absolute atomic E-state index is 0.0283. The van der Waals surface area contributed by atoms with Crippen LogP contribution in [0.2, 0.25) is 0 Å². The summed E-state index contributed by atoms with van der Waals surface area (Å²) < 4.78 is 17.3. The summed E-state index contributed by atoms with van der Waals surface area (Å²) in [5.41, 5.74) is 1.14. The molecule has 0 aliphatic carbocycles. The number of rotatable bonds is 6. The maximum atomic E-state index is 10.6. The fourth-order valence-electron chi connectivity index (χ4n) is 3.45. The Morgan fingerprint density at radius 1 is 0.667 bits per heavy atom. The molecule has 5 rings (SSSR count). The van der Waals surface area contributed by atoms with Gasteiger partial charge in [0, 0.05) is 6.07 Å². The number of aromatic nitrogens is 2. The molecule has 1 N–H and O–H groups in total. The lowest BCUT2D eigenvalue weighted by Gasteiger charge is -2.13. The fourth-order valence-corrected chi connectivity index (χ4v) is 3.45. The summed E-state index contributed by atoms with van der Waals surface area (Å²) in [5, 5.41) is 11.4. The molecule has 0 saturated heterocycles. The molecule has 0 radical (unpaired) electrons. The molecule has 4 aromatic carbocycles. The zero-order valence-electron chi connectivity index (χ0n) is 17.8. The van der Waals surface area contributed by atoms with Crippen LogP contribution in [0.3, 0.4) is 0 Å². The molecule has 1 aromatic heterocycles. The Bertz CT molecular complexity index is 1420. The molecule has 0 fully saturated rings. The highest BCUT2D eigenvalue weighted by atomic mass is 16.5. The maximum absolute atomic E-state index is 10.6. The summed E-state index contributed by atoms with van der Waals surface area (Å²) in [6.07, 6.45) is 0. The zero-order chi connectivity index (χ0) is 22.6. The molecule has 0 aliphatic heterocycles. The summed E-state index contributed by atoms with van der Waals surface area (Å²) in [6.45, 7) is 0. The van der Waals surface area contributed by atoms with Gasteiger partial charge in [0.15, 0.2) is 17.3 Å². The zero-order valence-corrected chi connectivity index (χ0v) is 17.8. The molecular formula is C27H20N2O4. The lowest BCUT2D eigenvalue weighted by atomic mass is 10.1. The number of phenols is 1. The molecule has 6 nitrogen and oxygen atoms in total. The SMILES string of the molecule is COc1cccc(-c2nc(Oc3cccc(Oc4ccccc4)c3)c3ccccc3n2)c1O. The van der Waals surface area contributed by atoms with Crippen LogP contribution in [0.15, 0.2) is 97.1 Å². The van der Waals surface area contributed by atoms with Gasteiger partial charge in [-0.15, -0.1) is 0 Å². The van der Waals surface area contributed by atoms with Crippen molar-refractivity contribution in [3.8, 4) is 46.0 Å². The molecule has 0 amide bonds. The number of aromatic hydroxyl groups is 1. The predicted molar refractivity (Wildman–Crippen MR) is 126 cm³/mol. The van der Waals surface area contributed by atoms with Crippen LogP contribution in [0.1, 0.15) is 0 Å². The van der Waals surface area contributed by atoms with E-state index in [0.29, 0.717) is 40.0 Å². The van der Waals surface area contributed by atoms with Crippen LogP contribution in [0.25, 0.3) is 22.3 Å². The number of phenolic OH excluding ortho intramolecular Hbond substituents is 1. The van der Waals surface area contributed by atoms with E-state index in [1.54, 1.807) is 24.3 Å². The van der Waals surface area contributed by atoms with Crippen molar-refractivity contribution in [2.75, 3.05) is 7.11 Å². The first-order valence-electron chi connectivity index (χ1n) is 10.4. The fraction of sp³-hybridized carbons (Fsp3) is 0.0370. The lowest BCUT2D eigenvalue weighted by Crippen LogP contribution is -1.97. The first-order chi connectivity index (χ1) is 16.2. The molecule has 6 heteroatoms. The minimum Gasteiger partial charge on any atom is -0.504 e. The molecule has 0 unspecified atom stereocenters. The molecule has 0 bridgehead atoms. The lowest BCUT2D eigenvalue weighted by molar-refractivity contribution is 0.374. The number of ether oxygens (including phenoxy) is 3. The smallest absolute Gasteiger partial charge is 0.230 e. The summed E-state index contributed by atoms with van der Waals surface area (Å²) in [5.74, 6) is 2.96. The van der Waals surface area contributed by atoms with Gasteiger partial charge >= 0.3 is 0 Å². The van der Waals surface area contributed by atoms with Crippen LogP contribution in [0.5, 0.6) is 34.6 Å². The first kappa shape index (κ1) is 20.3. The Balaban J connectivity index is 1.54. The second kappa shape index (κ2) is 8.88. The van der Waals surface area contributed by atoms with Crippen LogP contribution in [-0.2, 0) is 0 Å². The molecule has 0 saturated carbocycles. The Kier molecular flexibility index (Phi) is 5.47. The predicted octanol–water partition coefficient (Wildman–Crippen LogP) is 6.60. The van der Waals surface area contributed by atoms with Gasteiger partial charge in [-0.25, -0.2) is 4.98 Å². The van der Waals surface area contributed by atoms with Gasteiger partial charge in [0.05, 0.1) is 23.6 Å². The summed E-state index contributed by atoms with van der Waals surface area (Å²) in [6, 6.07) is 29.6. The largest absolute Gasteiger partial charge is 0.504 e. The van der Waals surface area contributed by atoms with E-state index < -0.39 is 0 Å². The minimum atomic E-state index is -0.0283. The average molecular weight is 436 g/mol.